The Morgan fingerprint density at radius 2 is 0.709 bits per heavy atom. The lowest BCUT2D eigenvalue weighted by Crippen LogP contribution is -2.61. The van der Waals surface area contributed by atoms with Gasteiger partial charge in [-0.05, 0) is 134 Å². The van der Waals surface area contributed by atoms with E-state index in [1.807, 2.05) is 0 Å². The molecule has 660 valence electrons. The van der Waals surface area contributed by atoms with Crippen LogP contribution in [0.25, 0.3) is 0 Å². The first-order valence-corrected chi connectivity index (χ1v) is 38.0. The maximum Gasteiger partial charge on any atom is 0.490 e. The van der Waals surface area contributed by atoms with E-state index < -0.39 is 248 Å². The van der Waals surface area contributed by atoms with Crippen LogP contribution in [0, 0.1) is 23.7 Å². The van der Waals surface area contributed by atoms with Gasteiger partial charge in [0.15, 0.2) is 0 Å². The van der Waals surface area contributed by atoms with Gasteiger partial charge in [-0.1, -0.05) is 85.7 Å². The summed E-state index contributed by atoms with van der Waals surface area (Å²) in [5.74, 6) is -23.4. The Hall–Kier alpha value is -11.2. The van der Waals surface area contributed by atoms with Gasteiger partial charge in [0.05, 0.1) is 19.0 Å². The van der Waals surface area contributed by atoms with Gasteiger partial charge >= 0.3 is 36.0 Å². The Labute approximate surface area is 674 Å². The average molecular weight is 1670 g/mol. The van der Waals surface area contributed by atoms with Crippen LogP contribution in [0.4, 0.5) is 13.2 Å². The van der Waals surface area contributed by atoms with E-state index in [0.29, 0.717) is 31.4 Å². The summed E-state index contributed by atoms with van der Waals surface area (Å²) in [6, 6.07) is -11.8. The highest BCUT2D eigenvalue weighted by Crippen LogP contribution is 2.16. The van der Waals surface area contributed by atoms with Gasteiger partial charge in [0.1, 0.15) is 78.5 Å². The molecule has 1 aromatic rings. The molecule has 44 heteroatoms. The number of carbonyl (C=O) groups is 19. The van der Waals surface area contributed by atoms with E-state index in [0.717, 1.165) is 0 Å². The van der Waals surface area contributed by atoms with Crippen LogP contribution in [-0.4, -0.2) is 248 Å². The first-order valence-electron chi connectivity index (χ1n) is 38.0. The van der Waals surface area contributed by atoms with E-state index in [1.54, 1.807) is 85.7 Å². The lowest BCUT2D eigenvalue weighted by molar-refractivity contribution is -0.192. The monoisotopic (exact) mass is 1670 g/mol. The second-order valence-electron chi connectivity index (χ2n) is 29.3. The van der Waals surface area contributed by atoms with Crippen LogP contribution in [0.3, 0.4) is 0 Å². The number of halogens is 3. The molecule has 0 bridgehead atoms. The number of carboxylic acids is 5. The van der Waals surface area contributed by atoms with E-state index in [1.165, 1.54) is 27.7 Å². The van der Waals surface area contributed by atoms with Crippen molar-refractivity contribution in [2.24, 2.45) is 40.9 Å². The quantitative estimate of drug-likeness (QED) is 0.0283. The molecule has 0 heterocycles. The average Bonchev–Trinajstić information content (AvgIpc) is 0.860. The number of nitrogens with two attached hydrogens (primary N) is 3. The van der Waals surface area contributed by atoms with Gasteiger partial charge in [-0.3, -0.25) is 81.5 Å². The van der Waals surface area contributed by atoms with Gasteiger partial charge in [0.2, 0.25) is 82.7 Å². The Balaban J connectivity index is 0.0000183. The van der Waals surface area contributed by atoms with E-state index in [9.17, 15) is 120 Å². The van der Waals surface area contributed by atoms with Crippen molar-refractivity contribution in [2.75, 3.05) is 19.6 Å². The molecular formula is C73H118F3N17O24. The fourth-order valence-electron chi connectivity index (χ4n) is 10.6. The second-order valence-corrected chi connectivity index (χ2v) is 29.3. The third kappa shape index (κ3) is 43.4. The van der Waals surface area contributed by atoms with Gasteiger partial charge in [-0.2, -0.15) is 13.2 Å². The highest BCUT2D eigenvalue weighted by molar-refractivity contribution is 6.00. The molecule has 0 fully saturated rings. The summed E-state index contributed by atoms with van der Waals surface area (Å²) >= 11 is 0. The van der Waals surface area contributed by atoms with Crippen LogP contribution < -0.4 is 91.6 Å². The van der Waals surface area contributed by atoms with E-state index in [-0.39, 0.29) is 62.8 Å². The first-order chi connectivity index (χ1) is 54.4. The number of hydrogen-bond acceptors (Lipinski definition) is 22. The van der Waals surface area contributed by atoms with Crippen molar-refractivity contribution in [1.29, 1.82) is 0 Å². The molecule has 0 aliphatic rings. The molecular weight excluding hydrogens is 1560 g/mol. The van der Waals surface area contributed by atoms with Crippen molar-refractivity contribution in [3.05, 3.63) is 35.9 Å². The van der Waals surface area contributed by atoms with Crippen molar-refractivity contribution in [2.45, 2.75) is 264 Å². The molecule has 0 unspecified atom stereocenters. The van der Waals surface area contributed by atoms with Gasteiger partial charge in [-0.25, -0.2) is 9.59 Å². The number of nitrogens with one attached hydrogen (secondary N) is 14. The Bertz CT molecular complexity index is 3540. The Kier molecular flexibility index (Phi) is 48.7. The normalized spacial score (nSPS) is 14.8. The summed E-state index contributed by atoms with van der Waals surface area (Å²) in [5, 5.41) is 79.7. The minimum absolute atomic E-state index is 0.0752. The number of carbonyl (C=O) groups excluding carboxylic acids is 14. The summed E-state index contributed by atoms with van der Waals surface area (Å²) in [4.78, 5) is 248. The predicted octanol–water partition coefficient (Wildman–Crippen LogP) is -3.36. The highest BCUT2D eigenvalue weighted by Gasteiger charge is 2.40. The molecule has 0 aliphatic heterocycles. The molecule has 0 saturated carbocycles. The molecule has 0 saturated heterocycles. The molecule has 0 spiro atoms. The van der Waals surface area contributed by atoms with Crippen LogP contribution in [0.2, 0.25) is 0 Å². The first kappa shape index (κ1) is 106. The number of benzene rings is 1. The van der Waals surface area contributed by atoms with E-state index in [4.69, 9.17) is 27.1 Å². The Morgan fingerprint density at radius 1 is 0.368 bits per heavy atom. The van der Waals surface area contributed by atoms with Crippen LogP contribution in [0.5, 0.6) is 0 Å². The SMILES string of the molecule is CC(C)C[C@H](NC(=O)[C@H](CCCCN)NC(=O)[C@H](CCC(=O)O)NC(=O)[C@H](CC(C)C)NC(=O)[C@@H](NC(=O)[C@H](C)NC(=O)[C@H](C)NC(=O)[C@H](CC(=O)O)NC(=O)[C@@H](N)C(C)C)C(C)C)C(=O)N[C@@H](CCC(=O)O)C(=O)N[C@@H](C)C(=O)NCC(=O)N[C@@H](Cc1ccccc1)C(=O)N[C@@H](C)C(=O)N[C@@H](CCCCN)C(=O)O.O=C(O)C(F)(F)F. The minimum Gasteiger partial charge on any atom is -0.481 e. The van der Waals surface area contributed by atoms with Crippen molar-refractivity contribution in [3.8, 4) is 0 Å². The molecule has 117 heavy (non-hydrogen) atoms. The number of rotatable bonds is 53. The summed E-state index contributed by atoms with van der Waals surface area (Å²) in [7, 11) is 0. The van der Waals surface area contributed by atoms with Gasteiger partial charge in [0.25, 0.3) is 0 Å². The van der Waals surface area contributed by atoms with Crippen LogP contribution in [-0.2, 0) is 97.5 Å². The number of unbranched alkanes of at least 4 members (excludes halogenated alkanes) is 2. The van der Waals surface area contributed by atoms with Crippen molar-refractivity contribution >= 4 is 113 Å². The number of alkyl halides is 3. The summed E-state index contributed by atoms with van der Waals surface area (Å²) in [5.41, 5.74) is 17.7. The zero-order chi connectivity index (χ0) is 89.9. The summed E-state index contributed by atoms with van der Waals surface area (Å²) in [6.07, 6.45) is -7.48. The van der Waals surface area contributed by atoms with E-state index in [2.05, 4.69) is 74.4 Å². The van der Waals surface area contributed by atoms with Crippen LogP contribution in [0.1, 0.15) is 172 Å². The fourth-order valence-corrected chi connectivity index (χ4v) is 10.6. The molecule has 0 aliphatic carbocycles. The standard InChI is InChI=1S/C71H117N17O22.C2HF3O2/c1-35(2)30-48(67(105)82-45(24-26-53(90)91)62(100)77-39(9)58(96)75-34-52(89)80-50(32-43-20-14-13-15-21-43)65(103)79-41(11)60(98)84-47(71(109)110)23-17-19-29-73)85-63(101)44(22-16-18-28-72)81-64(102)46(25-27-54(92)93)83-68(106)49(31-36(3)4)87-70(108)57(38(7)8)88-61(99)42(12)76-59(97)40(10)78-66(104)51(33-55(94)95)86-69(107)56(74)37(5)6;3-2(4,5)1(6)7/h13-15,20-21,35-42,44-51,56-57H,16-19,22-34,72-74H2,1-12H3,(H,75,96)(H,76,97)(H,77,100)(H,78,104)(H,79,103)(H,80,89)(H,81,102)(H,82,105)(H,83,106)(H,84,98)(H,85,101)(H,86,107)(H,87,108)(H,88,99)(H,90,91)(H,92,93)(H,94,95)(H,109,110);(H,6,7)/t39-,40-,41-,42-,44-,45-,46-,47-,48-,49-,50-,51-,56-,57-;/m0./s1. The smallest absolute Gasteiger partial charge is 0.481 e. The zero-order valence-electron chi connectivity index (χ0n) is 67.7. The van der Waals surface area contributed by atoms with Crippen molar-refractivity contribution in [1.82, 2.24) is 74.4 Å². The molecule has 14 atom stereocenters. The van der Waals surface area contributed by atoms with Crippen LogP contribution in [0.15, 0.2) is 30.3 Å². The predicted molar refractivity (Wildman–Crippen MR) is 411 cm³/mol. The molecule has 14 amide bonds. The number of hydrogen-bond donors (Lipinski definition) is 22. The highest BCUT2D eigenvalue weighted by atomic mass is 19.4. The Morgan fingerprint density at radius 3 is 1.10 bits per heavy atom. The lowest BCUT2D eigenvalue weighted by atomic mass is 9.99. The molecule has 0 radical (unpaired) electrons. The van der Waals surface area contributed by atoms with Crippen molar-refractivity contribution < 1.29 is 130 Å². The summed E-state index contributed by atoms with van der Waals surface area (Å²) < 4.78 is 31.7. The van der Waals surface area contributed by atoms with Gasteiger partial charge in [-0.15, -0.1) is 0 Å². The molecule has 41 nitrogen and oxygen atoms in total. The maximum absolute atomic E-state index is 14.4. The molecule has 25 N–H and O–H groups in total. The minimum atomic E-state index is -5.08. The number of carboxylic acid groups (broad SMARTS) is 5. The maximum atomic E-state index is 14.4. The molecule has 1 rings (SSSR count). The topological polar surface area (TPSA) is 672 Å². The summed E-state index contributed by atoms with van der Waals surface area (Å²) in [6.45, 7) is 17.8. The fraction of sp³-hybridized carbons (Fsp3) is 0.658. The van der Waals surface area contributed by atoms with Crippen LogP contribution >= 0.6 is 0 Å². The number of amides is 14. The zero-order valence-corrected chi connectivity index (χ0v) is 67.7. The van der Waals surface area contributed by atoms with Gasteiger partial charge in [0, 0.05) is 19.3 Å². The van der Waals surface area contributed by atoms with E-state index >= 15 is 0 Å². The van der Waals surface area contributed by atoms with Gasteiger partial charge < -0.3 is 117 Å². The third-order valence-electron chi connectivity index (χ3n) is 17.3. The second kappa shape index (κ2) is 53.9. The largest absolute Gasteiger partial charge is 0.490 e. The molecule has 0 aromatic heterocycles. The third-order valence-corrected chi connectivity index (χ3v) is 17.3. The lowest BCUT2D eigenvalue weighted by Gasteiger charge is -2.29. The number of aliphatic carboxylic acids is 5. The molecule has 1 aromatic carbocycles. The van der Waals surface area contributed by atoms with Crippen molar-refractivity contribution in [3.63, 3.8) is 0 Å².